The van der Waals surface area contributed by atoms with Gasteiger partial charge in [-0.3, -0.25) is 14.5 Å². The number of nitrogens with zero attached hydrogens (tertiary/aromatic N) is 1. The van der Waals surface area contributed by atoms with Crippen molar-refractivity contribution < 1.29 is 9.59 Å². The van der Waals surface area contributed by atoms with Crippen LogP contribution in [-0.4, -0.2) is 24.4 Å². The van der Waals surface area contributed by atoms with E-state index in [0.29, 0.717) is 19.4 Å². The van der Waals surface area contributed by atoms with Crippen LogP contribution in [0.4, 0.5) is 5.69 Å². The maximum atomic E-state index is 12.7. The van der Waals surface area contributed by atoms with Crippen LogP contribution >= 0.6 is 11.3 Å². The van der Waals surface area contributed by atoms with E-state index in [2.05, 4.69) is 5.32 Å². The van der Waals surface area contributed by atoms with Crippen LogP contribution in [0.3, 0.4) is 0 Å². The lowest BCUT2D eigenvalue weighted by atomic mass is 10.1. The second-order valence-electron chi connectivity index (χ2n) is 5.26. The van der Waals surface area contributed by atoms with E-state index in [-0.39, 0.29) is 11.8 Å². The Bertz CT molecular complexity index is 682. The van der Waals surface area contributed by atoms with Crippen LogP contribution in [0.5, 0.6) is 0 Å². The quantitative estimate of drug-likeness (QED) is 0.942. The predicted octanol–water partition coefficient (Wildman–Crippen LogP) is 2.38. The first kappa shape index (κ1) is 14.8. The molecule has 1 aliphatic heterocycles. The van der Waals surface area contributed by atoms with Gasteiger partial charge in [0.15, 0.2) is 0 Å². The number of thiophene rings is 1. The van der Waals surface area contributed by atoms with Gasteiger partial charge in [-0.25, -0.2) is 0 Å². The number of likely N-dealkylation sites (N-methyl/N-ethyl adjacent to an activating group) is 1. The van der Waals surface area contributed by atoms with Crippen LogP contribution in [-0.2, 0) is 22.4 Å². The Balaban J connectivity index is 1.89. The Hall–Kier alpha value is -2.14. The normalized spacial score (nSPS) is 16.4. The standard InChI is InChI=1S/C17H18N2O2S/c1-2-18-17(21)15-10-12-6-3-4-8-14(12)19(15)16(20)11-13-7-5-9-22-13/h3-9,15H,2,10-11H2,1H3,(H,18,21). The third kappa shape index (κ3) is 2.76. The van der Waals surface area contributed by atoms with E-state index < -0.39 is 6.04 Å². The molecule has 1 aromatic carbocycles. The van der Waals surface area contributed by atoms with Crippen LogP contribution < -0.4 is 10.2 Å². The number of anilines is 1. The van der Waals surface area contributed by atoms with Crippen molar-refractivity contribution in [2.75, 3.05) is 11.4 Å². The summed E-state index contributed by atoms with van der Waals surface area (Å²) in [5, 5.41) is 4.80. The number of benzene rings is 1. The van der Waals surface area contributed by atoms with Gasteiger partial charge in [0.05, 0.1) is 6.42 Å². The molecule has 114 valence electrons. The lowest BCUT2D eigenvalue weighted by Gasteiger charge is -2.24. The molecule has 0 spiro atoms. The highest BCUT2D eigenvalue weighted by molar-refractivity contribution is 7.10. The highest BCUT2D eigenvalue weighted by Crippen LogP contribution is 2.33. The summed E-state index contributed by atoms with van der Waals surface area (Å²) in [7, 11) is 0. The SMILES string of the molecule is CCNC(=O)C1Cc2ccccc2N1C(=O)Cc1cccs1. The zero-order valence-electron chi connectivity index (χ0n) is 12.4. The van der Waals surface area contributed by atoms with Gasteiger partial charge in [-0.15, -0.1) is 11.3 Å². The highest BCUT2D eigenvalue weighted by atomic mass is 32.1. The number of nitrogens with one attached hydrogen (secondary N) is 1. The summed E-state index contributed by atoms with van der Waals surface area (Å²) in [6.07, 6.45) is 0.917. The maximum Gasteiger partial charge on any atom is 0.243 e. The van der Waals surface area contributed by atoms with Crippen LogP contribution in [0.25, 0.3) is 0 Å². The molecule has 5 heteroatoms. The van der Waals surface area contributed by atoms with E-state index in [0.717, 1.165) is 16.1 Å². The second kappa shape index (κ2) is 6.32. The van der Waals surface area contributed by atoms with Crippen molar-refractivity contribution in [2.45, 2.75) is 25.8 Å². The fourth-order valence-corrected chi connectivity index (χ4v) is 3.54. The minimum absolute atomic E-state index is 0.0244. The number of carbonyl (C=O) groups excluding carboxylic acids is 2. The van der Waals surface area contributed by atoms with Crippen molar-refractivity contribution >= 4 is 28.8 Å². The molecule has 3 rings (SSSR count). The molecule has 0 saturated heterocycles. The van der Waals surface area contributed by atoms with Gasteiger partial charge in [0.1, 0.15) is 6.04 Å². The summed E-state index contributed by atoms with van der Waals surface area (Å²) in [5.41, 5.74) is 1.92. The highest BCUT2D eigenvalue weighted by Gasteiger charge is 2.37. The van der Waals surface area contributed by atoms with Crippen molar-refractivity contribution in [3.8, 4) is 0 Å². The number of hydrogen-bond donors (Lipinski definition) is 1. The molecule has 1 atom stereocenters. The van der Waals surface area contributed by atoms with Crippen LogP contribution in [0, 0.1) is 0 Å². The second-order valence-corrected chi connectivity index (χ2v) is 6.30. The van der Waals surface area contributed by atoms with Gasteiger partial charge >= 0.3 is 0 Å². The molecule has 0 radical (unpaired) electrons. The molecule has 1 aromatic heterocycles. The average Bonchev–Trinajstić information content (AvgIpc) is 3.14. The first-order chi connectivity index (χ1) is 10.7. The van der Waals surface area contributed by atoms with E-state index in [1.54, 1.807) is 16.2 Å². The van der Waals surface area contributed by atoms with E-state index in [4.69, 9.17) is 0 Å². The lowest BCUT2D eigenvalue weighted by Crippen LogP contribution is -2.48. The summed E-state index contributed by atoms with van der Waals surface area (Å²) < 4.78 is 0. The molecule has 0 aliphatic carbocycles. The third-order valence-electron chi connectivity index (χ3n) is 3.80. The van der Waals surface area contributed by atoms with Gasteiger partial charge in [0, 0.05) is 23.5 Å². The molecule has 0 saturated carbocycles. The largest absolute Gasteiger partial charge is 0.355 e. The van der Waals surface area contributed by atoms with Gasteiger partial charge in [-0.2, -0.15) is 0 Å². The van der Waals surface area contributed by atoms with Crippen LogP contribution in [0.15, 0.2) is 41.8 Å². The Morgan fingerprint density at radius 3 is 2.82 bits per heavy atom. The van der Waals surface area contributed by atoms with Crippen molar-refractivity contribution in [2.24, 2.45) is 0 Å². The minimum Gasteiger partial charge on any atom is -0.355 e. The number of carbonyl (C=O) groups is 2. The molecular weight excluding hydrogens is 296 g/mol. The first-order valence-corrected chi connectivity index (χ1v) is 8.28. The topological polar surface area (TPSA) is 49.4 Å². The molecule has 4 nitrogen and oxygen atoms in total. The molecule has 0 fully saturated rings. The third-order valence-corrected chi connectivity index (χ3v) is 4.68. The molecule has 0 bridgehead atoms. The van der Waals surface area contributed by atoms with E-state index in [9.17, 15) is 9.59 Å². The van der Waals surface area contributed by atoms with Gasteiger partial charge < -0.3 is 5.32 Å². The number of rotatable bonds is 4. The molecule has 22 heavy (non-hydrogen) atoms. The first-order valence-electron chi connectivity index (χ1n) is 7.40. The fraction of sp³-hybridized carbons (Fsp3) is 0.294. The summed E-state index contributed by atoms with van der Waals surface area (Å²) >= 11 is 1.56. The summed E-state index contributed by atoms with van der Waals surface area (Å²) in [6.45, 7) is 2.45. The zero-order valence-corrected chi connectivity index (χ0v) is 13.2. The number of amides is 2. The summed E-state index contributed by atoms with van der Waals surface area (Å²) in [6, 6.07) is 11.2. The molecular formula is C17H18N2O2S. The molecule has 1 aliphatic rings. The number of para-hydroxylation sites is 1. The minimum atomic E-state index is -0.440. The zero-order chi connectivity index (χ0) is 15.5. The average molecular weight is 314 g/mol. The molecule has 2 aromatic rings. The molecule has 1 unspecified atom stereocenters. The summed E-state index contributed by atoms with van der Waals surface area (Å²) in [4.78, 5) is 27.8. The van der Waals surface area contributed by atoms with Crippen molar-refractivity contribution in [1.29, 1.82) is 0 Å². The van der Waals surface area contributed by atoms with E-state index >= 15 is 0 Å². The molecule has 2 amide bonds. The monoisotopic (exact) mass is 314 g/mol. The van der Waals surface area contributed by atoms with Gasteiger partial charge in [-0.1, -0.05) is 24.3 Å². The van der Waals surface area contributed by atoms with Crippen LogP contribution in [0.1, 0.15) is 17.4 Å². The van der Waals surface area contributed by atoms with Gasteiger partial charge in [-0.05, 0) is 30.0 Å². The Kier molecular flexibility index (Phi) is 4.24. The Morgan fingerprint density at radius 1 is 1.27 bits per heavy atom. The van der Waals surface area contributed by atoms with Crippen molar-refractivity contribution in [1.82, 2.24) is 5.32 Å². The molecule has 2 heterocycles. The number of fused-ring (bicyclic) bond motifs is 1. The van der Waals surface area contributed by atoms with E-state index in [1.807, 2.05) is 48.7 Å². The predicted molar refractivity (Wildman–Crippen MR) is 88.1 cm³/mol. The van der Waals surface area contributed by atoms with Gasteiger partial charge in [0.25, 0.3) is 0 Å². The van der Waals surface area contributed by atoms with Crippen LogP contribution in [0.2, 0.25) is 0 Å². The smallest absolute Gasteiger partial charge is 0.243 e. The maximum absolute atomic E-state index is 12.7. The molecule has 1 N–H and O–H groups in total. The Labute approximate surface area is 133 Å². The van der Waals surface area contributed by atoms with E-state index in [1.165, 1.54) is 0 Å². The Morgan fingerprint density at radius 2 is 2.09 bits per heavy atom. The van der Waals surface area contributed by atoms with Crippen molar-refractivity contribution in [3.05, 3.63) is 52.2 Å². The lowest BCUT2D eigenvalue weighted by molar-refractivity contribution is -0.125. The fourth-order valence-electron chi connectivity index (χ4n) is 2.84. The van der Waals surface area contributed by atoms with Crippen molar-refractivity contribution in [3.63, 3.8) is 0 Å². The summed E-state index contributed by atoms with van der Waals surface area (Å²) in [5.74, 6) is -0.109. The number of hydrogen-bond acceptors (Lipinski definition) is 3. The van der Waals surface area contributed by atoms with Gasteiger partial charge in [0.2, 0.25) is 11.8 Å².